The second-order valence-electron chi connectivity index (χ2n) is 3.89. The SMILES string of the molecule is O=C1c2ccc(O)cc2OCC1(CO)CO. The molecule has 0 atom stereocenters. The average molecular weight is 224 g/mol. The predicted molar refractivity (Wildman–Crippen MR) is 54.5 cm³/mol. The Morgan fingerprint density at radius 2 is 2.00 bits per heavy atom. The van der Waals surface area contributed by atoms with Gasteiger partial charge in [0.15, 0.2) is 5.78 Å². The van der Waals surface area contributed by atoms with E-state index in [1.54, 1.807) is 0 Å². The zero-order chi connectivity index (χ0) is 11.8. The lowest BCUT2D eigenvalue weighted by Crippen LogP contribution is -2.46. The van der Waals surface area contributed by atoms with Crippen LogP contribution >= 0.6 is 0 Å². The van der Waals surface area contributed by atoms with Crippen molar-refractivity contribution < 1.29 is 24.9 Å². The maximum absolute atomic E-state index is 12.0. The Labute approximate surface area is 91.9 Å². The average Bonchev–Trinajstić information content (AvgIpc) is 2.30. The number of Topliss-reactive ketones (excluding diaryl/α,β-unsaturated/α-hetero) is 1. The van der Waals surface area contributed by atoms with E-state index in [2.05, 4.69) is 0 Å². The molecule has 1 heterocycles. The highest BCUT2D eigenvalue weighted by Crippen LogP contribution is 2.35. The van der Waals surface area contributed by atoms with Crippen molar-refractivity contribution in [2.75, 3.05) is 19.8 Å². The quantitative estimate of drug-likeness (QED) is 0.655. The molecular weight excluding hydrogens is 212 g/mol. The van der Waals surface area contributed by atoms with Crippen molar-refractivity contribution >= 4 is 5.78 Å². The topological polar surface area (TPSA) is 87.0 Å². The van der Waals surface area contributed by atoms with E-state index in [0.717, 1.165) is 0 Å². The lowest BCUT2D eigenvalue weighted by atomic mass is 9.80. The Morgan fingerprint density at radius 1 is 1.31 bits per heavy atom. The fourth-order valence-electron chi connectivity index (χ4n) is 1.67. The van der Waals surface area contributed by atoms with Crippen molar-refractivity contribution in [1.29, 1.82) is 0 Å². The summed E-state index contributed by atoms with van der Waals surface area (Å²) in [6, 6.07) is 4.13. The molecule has 0 radical (unpaired) electrons. The number of aliphatic hydroxyl groups is 2. The van der Waals surface area contributed by atoms with E-state index in [4.69, 9.17) is 4.74 Å². The summed E-state index contributed by atoms with van der Waals surface area (Å²) in [4.78, 5) is 12.0. The number of phenols is 1. The van der Waals surface area contributed by atoms with Crippen LogP contribution in [0.1, 0.15) is 10.4 Å². The van der Waals surface area contributed by atoms with E-state index in [1.807, 2.05) is 0 Å². The van der Waals surface area contributed by atoms with Gasteiger partial charge in [0.1, 0.15) is 23.5 Å². The molecule has 0 amide bonds. The van der Waals surface area contributed by atoms with Crippen molar-refractivity contribution in [3.63, 3.8) is 0 Å². The van der Waals surface area contributed by atoms with Gasteiger partial charge in [-0.05, 0) is 12.1 Å². The van der Waals surface area contributed by atoms with Crippen LogP contribution in [0.5, 0.6) is 11.5 Å². The third kappa shape index (κ3) is 1.45. The Balaban J connectivity index is 2.47. The third-order valence-electron chi connectivity index (χ3n) is 2.80. The van der Waals surface area contributed by atoms with E-state index in [9.17, 15) is 20.1 Å². The number of phenolic OH excluding ortho intramolecular Hbond substituents is 1. The van der Waals surface area contributed by atoms with Crippen molar-refractivity contribution in [2.45, 2.75) is 0 Å². The number of carbonyl (C=O) groups excluding carboxylic acids is 1. The molecule has 5 nitrogen and oxygen atoms in total. The molecule has 1 aliphatic heterocycles. The number of ether oxygens (including phenoxy) is 1. The van der Waals surface area contributed by atoms with Gasteiger partial charge < -0.3 is 20.1 Å². The molecule has 5 heteroatoms. The monoisotopic (exact) mass is 224 g/mol. The lowest BCUT2D eigenvalue weighted by molar-refractivity contribution is 0.0112. The Morgan fingerprint density at radius 3 is 2.62 bits per heavy atom. The number of hydrogen-bond donors (Lipinski definition) is 3. The molecule has 16 heavy (non-hydrogen) atoms. The van der Waals surface area contributed by atoms with Gasteiger partial charge in [-0.15, -0.1) is 0 Å². The minimum absolute atomic E-state index is 0.00652. The maximum atomic E-state index is 12.0. The number of ketones is 1. The van der Waals surface area contributed by atoms with Crippen molar-refractivity contribution in [3.8, 4) is 11.5 Å². The second-order valence-corrected chi connectivity index (χ2v) is 3.89. The molecule has 1 aromatic rings. The van der Waals surface area contributed by atoms with Crippen LogP contribution in [0.25, 0.3) is 0 Å². The fourth-order valence-corrected chi connectivity index (χ4v) is 1.67. The standard InChI is InChI=1S/C11H12O5/c12-4-11(5-13)6-16-9-3-7(14)1-2-8(9)10(11)15/h1-3,12-14H,4-6H2. The minimum atomic E-state index is -1.27. The zero-order valence-electron chi connectivity index (χ0n) is 8.51. The molecule has 0 spiro atoms. The Hall–Kier alpha value is -1.59. The van der Waals surface area contributed by atoms with E-state index in [1.165, 1.54) is 18.2 Å². The number of carbonyl (C=O) groups is 1. The zero-order valence-corrected chi connectivity index (χ0v) is 8.51. The molecular formula is C11H12O5. The van der Waals surface area contributed by atoms with Crippen LogP contribution in [0.4, 0.5) is 0 Å². The molecule has 1 aromatic carbocycles. The highest BCUT2D eigenvalue weighted by atomic mass is 16.5. The first-order chi connectivity index (χ1) is 7.63. The number of aromatic hydroxyl groups is 1. The molecule has 2 rings (SSSR count). The van der Waals surface area contributed by atoms with Crippen molar-refractivity contribution in [2.24, 2.45) is 5.41 Å². The molecule has 0 saturated heterocycles. The van der Waals surface area contributed by atoms with Gasteiger partial charge in [0.2, 0.25) is 0 Å². The first kappa shape index (κ1) is 10.9. The third-order valence-corrected chi connectivity index (χ3v) is 2.80. The van der Waals surface area contributed by atoms with Gasteiger partial charge in [0.25, 0.3) is 0 Å². The molecule has 0 unspecified atom stereocenters. The van der Waals surface area contributed by atoms with Gasteiger partial charge in [-0.2, -0.15) is 0 Å². The van der Waals surface area contributed by atoms with E-state index >= 15 is 0 Å². The molecule has 86 valence electrons. The number of hydrogen-bond acceptors (Lipinski definition) is 5. The van der Waals surface area contributed by atoms with E-state index in [-0.39, 0.29) is 29.5 Å². The summed E-state index contributed by atoms with van der Waals surface area (Å²) in [5.74, 6) is -0.0756. The molecule has 0 saturated carbocycles. The Bertz CT molecular complexity index is 422. The predicted octanol–water partition coefficient (Wildman–Crippen LogP) is -0.0617. The number of fused-ring (bicyclic) bond motifs is 1. The van der Waals surface area contributed by atoms with Crippen LogP contribution < -0.4 is 4.74 Å². The van der Waals surface area contributed by atoms with Crippen LogP contribution in [0.3, 0.4) is 0 Å². The molecule has 3 N–H and O–H groups in total. The van der Waals surface area contributed by atoms with Gasteiger partial charge in [-0.1, -0.05) is 0 Å². The summed E-state index contributed by atoms with van der Waals surface area (Å²) >= 11 is 0. The van der Waals surface area contributed by atoms with Crippen molar-refractivity contribution in [3.05, 3.63) is 23.8 Å². The van der Waals surface area contributed by atoms with Crippen molar-refractivity contribution in [1.82, 2.24) is 0 Å². The molecule has 0 fully saturated rings. The van der Waals surface area contributed by atoms with E-state index in [0.29, 0.717) is 0 Å². The van der Waals surface area contributed by atoms with E-state index < -0.39 is 18.6 Å². The normalized spacial score (nSPS) is 17.8. The maximum Gasteiger partial charge on any atom is 0.180 e. The fraction of sp³-hybridized carbons (Fsp3) is 0.364. The summed E-state index contributed by atoms with van der Waals surface area (Å²) in [6.07, 6.45) is 0. The molecule has 0 bridgehead atoms. The minimum Gasteiger partial charge on any atom is -0.508 e. The van der Waals surface area contributed by atoms with Gasteiger partial charge in [0.05, 0.1) is 18.8 Å². The van der Waals surface area contributed by atoms with Gasteiger partial charge >= 0.3 is 0 Å². The van der Waals surface area contributed by atoms with Crippen LogP contribution in [-0.2, 0) is 0 Å². The summed E-state index contributed by atoms with van der Waals surface area (Å²) in [5, 5.41) is 27.6. The molecule has 0 aliphatic carbocycles. The number of rotatable bonds is 2. The summed E-state index contributed by atoms with van der Waals surface area (Å²) in [7, 11) is 0. The number of benzene rings is 1. The van der Waals surface area contributed by atoms with Crippen LogP contribution in [0, 0.1) is 5.41 Å². The summed E-state index contributed by atoms with van der Waals surface area (Å²) in [6.45, 7) is -1.03. The highest BCUT2D eigenvalue weighted by Gasteiger charge is 2.43. The smallest absolute Gasteiger partial charge is 0.180 e. The van der Waals surface area contributed by atoms with Gasteiger partial charge in [-0.25, -0.2) is 0 Å². The summed E-state index contributed by atoms with van der Waals surface area (Å²) < 4.78 is 5.27. The Kier molecular flexibility index (Phi) is 2.57. The number of aliphatic hydroxyl groups excluding tert-OH is 2. The second kappa shape index (κ2) is 3.77. The van der Waals surface area contributed by atoms with Gasteiger partial charge in [0, 0.05) is 6.07 Å². The lowest BCUT2D eigenvalue weighted by Gasteiger charge is -2.33. The molecule has 1 aliphatic rings. The van der Waals surface area contributed by atoms with Crippen LogP contribution in [-0.4, -0.2) is 40.9 Å². The first-order valence-corrected chi connectivity index (χ1v) is 4.85. The summed E-state index contributed by atoms with van der Waals surface area (Å²) in [5.41, 5.74) is -1.00. The molecule has 0 aromatic heterocycles. The van der Waals surface area contributed by atoms with Crippen LogP contribution in [0.15, 0.2) is 18.2 Å². The highest BCUT2D eigenvalue weighted by molar-refractivity contribution is 6.04. The first-order valence-electron chi connectivity index (χ1n) is 4.85. The largest absolute Gasteiger partial charge is 0.508 e. The van der Waals surface area contributed by atoms with Gasteiger partial charge in [-0.3, -0.25) is 4.79 Å². The van der Waals surface area contributed by atoms with Crippen LogP contribution in [0.2, 0.25) is 0 Å².